The van der Waals surface area contributed by atoms with Crippen molar-refractivity contribution in [3.63, 3.8) is 0 Å². The summed E-state index contributed by atoms with van der Waals surface area (Å²) in [5.74, 6) is -2.37. The zero-order valence-corrected chi connectivity index (χ0v) is 25.1. The van der Waals surface area contributed by atoms with Gasteiger partial charge in [-0.1, -0.05) is 30.3 Å². The Hall–Kier alpha value is -3.47. The molecule has 10 atom stereocenters. The Morgan fingerprint density at radius 2 is 1.27 bits per heavy atom. The molecule has 1 N–H and O–H groups in total. The summed E-state index contributed by atoms with van der Waals surface area (Å²) in [6, 6.07) is 14.2. The van der Waals surface area contributed by atoms with Crippen molar-refractivity contribution in [1.82, 2.24) is 0 Å². The maximum absolute atomic E-state index is 13.2. The first-order valence-electron chi connectivity index (χ1n) is 14.3. The normalized spacial score (nSPS) is 33.9. The largest absolute Gasteiger partial charge is 0.459 e. The maximum Gasteiger partial charge on any atom is 0.339 e. The molecule has 2 fully saturated rings. The van der Waals surface area contributed by atoms with Crippen molar-refractivity contribution >= 4 is 17.9 Å². The number of rotatable bonds is 6. The van der Waals surface area contributed by atoms with E-state index in [1.165, 1.54) is 40.6 Å². The number of methoxy groups -OCH3 is 4. The molecule has 14 heteroatoms. The first kappa shape index (κ1) is 32.9. The van der Waals surface area contributed by atoms with Crippen molar-refractivity contribution < 1.29 is 66.9 Å². The van der Waals surface area contributed by atoms with Crippen molar-refractivity contribution in [1.29, 1.82) is 0 Å². The fourth-order valence-electron chi connectivity index (χ4n) is 5.67. The van der Waals surface area contributed by atoms with Crippen LogP contribution in [-0.2, 0) is 47.4 Å². The lowest BCUT2D eigenvalue weighted by Gasteiger charge is -2.48. The second kappa shape index (κ2) is 14.7. The molecule has 14 nitrogen and oxygen atoms in total. The van der Waals surface area contributed by atoms with Gasteiger partial charge in [-0.3, -0.25) is 0 Å². The van der Waals surface area contributed by atoms with E-state index in [1.54, 1.807) is 42.5 Å². The first-order valence-corrected chi connectivity index (χ1v) is 14.3. The van der Waals surface area contributed by atoms with Gasteiger partial charge in [-0.15, -0.1) is 0 Å². The molecule has 2 aromatic rings. The highest BCUT2D eigenvalue weighted by Crippen LogP contribution is 2.34. The van der Waals surface area contributed by atoms with Crippen molar-refractivity contribution in [2.45, 2.75) is 61.4 Å². The van der Waals surface area contributed by atoms with Gasteiger partial charge in [0.15, 0.2) is 18.7 Å². The minimum atomic E-state index is -1.57. The third-order valence-electron chi connectivity index (χ3n) is 7.92. The molecule has 2 bridgehead atoms. The topological polar surface area (TPSA) is 164 Å². The highest BCUT2D eigenvalue weighted by molar-refractivity contribution is 6.03. The van der Waals surface area contributed by atoms with Gasteiger partial charge >= 0.3 is 17.9 Å². The van der Waals surface area contributed by atoms with Crippen molar-refractivity contribution in [2.24, 2.45) is 0 Å². The molecular formula is C31H36O14. The summed E-state index contributed by atoms with van der Waals surface area (Å²) in [7, 11) is 5.61. The number of carbonyl (C=O) groups excluding carboxylic acids is 3. The fraction of sp³-hybridized carbons (Fsp3) is 0.516. The van der Waals surface area contributed by atoms with E-state index >= 15 is 0 Å². The first-order chi connectivity index (χ1) is 21.8. The molecule has 2 aromatic carbocycles. The van der Waals surface area contributed by atoms with Gasteiger partial charge in [-0.2, -0.15) is 0 Å². The second-order valence-corrected chi connectivity index (χ2v) is 10.5. The smallest absolute Gasteiger partial charge is 0.339 e. The van der Waals surface area contributed by atoms with Crippen LogP contribution < -0.4 is 0 Å². The molecule has 244 valence electrons. The second-order valence-electron chi connectivity index (χ2n) is 10.5. The summed E-state index contributed by atoms with van der Waals surface area (Å²) in [5.41, 5.74) is 0.160. The van der Waals surface area contributed by atoms with Crippen LogP contribution in [0.4, 0.5) is 0 Å². The van der Waals surface area contributed by atoms with E-state index in [1.807, 2.05) is 0 Å². The predicted molar refractivity (Wildman–Crippen MR) is 150 cm³/mol. The van der Waals surface area contributed by atoms with Gasteiger partial charge in [0.2, 0.25) is 0 Å². The molecule has 0 saturated carbocycles. The number of fused-ring (bicyclic) bond motifs is 4. The van der Waals surface area contributed by atoms with Gasteiger partial charge in [0.1, 0.15) is 55.9 Å². The summed E-state index contributed by atoms with van der Waals surface area (Å²) in [6.45, 7) is -0.765. The molecule has 3 heterocycles. The van der Waals surface area contributed by atoms with Crippen LogP contribution in [-0.4, -0.2) is 126 Å². The van der Waals surface area contributed by atoms with Gasteiger partial charge < -0.3 is 52.5 Å². The average molecular weight is 633 g/mol. The van der Waals surface area contributed by atoms with E-state index in [0.717, 1.165) is 0 Å². The molecule has 3 aliphatic rings. The number of hydrogen-bond acceptors (Lipinski definition) is 14. The quantitative estimate of drug-likeness (QED) is 0.356. The summed E-state index contributed by atoms with van der Waals surface area (Å²) < 4.78 is 57.9. The maximum atomic E-state index is 13.2. The van der Waals surface area contributed by atoms with E-state index in [-0.39, 0.29) is 23.3 Å². The molecule has 5 rings (SSSR count). The zero-order valence-electron chi connectivity index (χ0n) is 25.1. The predicted octanol–water partition coefficient (Wildman–Crippen LogP) is 1.13. The van der Waals surface area contributed by atoms with E-state index in [4.69, 9.17) is 47.4 Å². The summed E-state index contributed by atoms with van der Waals surface area (Å²) in [5, 5.41) is 11.7. The highest BCUT2D eigenvalue weighted by Gasteiger charge is 2.54. The van der Waals surface area contributed by atoms with Crippen molar-refractivity contribution in [2.75, 3.05) is 41.7 Å². The molecule has 2 saturated heterocycles. The monoisotopic (exact) mass is 632 g/mol. The van der Waals surface area contributed by atoms with Gasteiger partial charge in [0.25, 0.3) is 0 Å². The molecule has 0 amide bonds. The van der Waals surface area contributed by atoms with Crippen LogP contribution in [0.2, 0.25) is 0 Å². The Labute approximate surface area is 259 Å². The molecule has 45 heavy (non-hydrogen) atoms. The van der Waals surface area contributed by atoms with Crippen molar-refractivity contribution in [3.8, 4) is 0 Å². The summed E-state index contributed by atoms with van der Waals surface area (Å²) >= 11 is 0. The van der Waals surface area contributed by atoms with Gasteiger partial charge in [-0.05, 0) is 24.3 Å². The molecule has 0 radical (unpaired) electrons. The third-order valence-corrected chi connectivity index (χ3v) is 7.92. The summed E-state index contributed by atoms with van der Waals surface area (Å²) in [6.07, 6.45) is -11.4. The Balaban J connectivity index is 1.52. The van der Waals surface area contributed by atoms with E-state index in [0.29, 0.717) is 0 Å². The minimum Gasteiger partial charge on any atom is -0.459 e. The number of esters is 3. The van der Waals surface area contributed by atoms with Gasteiger partial charge in [0, 0.05) is 28.4 Å². The average Bonchev–Trinajstić information content (AvgIpc) is 3.07. The number of aliphatic hydroxyl groups is 1. The molecule has 0 spiro atoms. The Kier molecular flexibility index (Phi) is 10.8. The minimum absolute atomic E-state index is 0.0287. The van der Waals surface area contributed by atoms with Crippen LogP contribution in [0.5, 0.6) is 0 Å². The Morgan fingerprint density at radius 1 is 0.689 bits per heavy atom. The standard InChI is InChI=1S/C31H36O14/c1-36-23-20-15-41-29(35)18-13-9-8-12-17(18)28(34)40-14-19-22(45-31(43-20)26(38-3)25(23)37-2)21(32)24(30(39-4)42-19)44-27(33)16-10-6-5-7-11-16/h5-13,19-26,30-32H,14-15H2,1-4H3/t19-,20-,21+,22-,23-,24-,25+,26+,30+,31-/m1/s1. The molecular weight excluding hydrogens is 596 g/mol. The number of aliphatic hydroxyl groups excluding tert-OH is 1. The number of hydrogen-bond donors (Lipinski definition) is 1. The molecule has 3 aliphatic heterocycles. The molecule has 0 aromatic heterocycles. The lowest BCUT2D eigenvalue weighted by molar-refractivity contribution is -0.361. The third kappa shape index (κ3) is 6.88. The fourth-order valence-corrected chi connectivity index (χ4v) is 5.67. The Bertz CT molecular complexity index is 1320. The van der Waals surface area contributed by atoms with Crippen LogP contribution in [0, 0.1) is 0 Å². The number of cyclic esters (lactones) is 2. The molecule has 0 unspecified atom stereocenters. The van der Waals surface area contributed by atoms with Gasteiger partial charge in [0.05, 0.1) is 16.7 Å². The van der Waals surface area contributed by atoms with Gasteiger partial charge in [-0.25, -0.2) is 14.4 Å². The number of benzene rings is 2. The summed E-state index contributed by atoms with van der Waals surface area (Å²) in [4.78, 5) is 39.3. The SMILES string of the molecule is CO[C@H]1O[C@@H]2COC(=O)c3ccccc3C(=O)OC[C@H]3O[C@H](O[C@H]2[C@H](O)[C@H]1OC(=O)c1ccccc1)[C@@H](OC)[C@@H](OC)[C@@H]3OC. The zero-order chi connectivity index (χ0) is 32.1. The highest BCUT2D eigenvalue weighted by atomic mass is 16.8. The lowest BCUT2D eigenvalue weighted by atomic mass is 9.96. The van der Waals surface area contributed by atoms with Crippen LogP contribution >= 0.6 is 0 Å². The van der Waals surface area contributed by atoms with Crippen LogP contribution in [0.25, 0.3) is 0 Å². The molecule has 0 aliphatic carbocycles. The number of carbonyl (C=O) groups is 3. The van der Waals surface area contributed by atoms with E-state index in [2.05, 4.69) is 0 Å². The number of ether oxygens (including phenoxy) is 10. The van der Waals surface area contributed by atoms with E-state index in [9.17, 15) is 19.5 Å². The van der Waals surface area contributed by atoms with Crippen LogP contribution in [0.3, 0.4) is 0 Å². The lowest BCUT2D eigenvalue weighted by Crippen LogP contribution is -2.66. The Morgan fingerprint density at radius 3 is 1.84 bits per heavy atom. The van der Waals surface area contributed by atoms with Crippen LogP contribution in [0.1, 0.15) is 31.1 Å². The van der Waals surface area contributed by atoms with E-state index < -0.39 is 85.9 Å². The van der Waals surface area contributed by atoms with Crippen molar-refractivity contribution in [3.05, 3.63) is 71.3 Å². The van der Waals surface area contributed by atoms with Crippen LogP contribution in [0.15, 0.2) is 54.6 Å².